The van der Waals surface area contributed by atoms with Gasteiger partial charge < -0.3 is 20.5 Å². The zero-order chi connectivity index (χ0) is 20.9. The lowest BCUT2D eigenvalue weighted by atomic mass is 10.1. The van der Waals surface area contributed by atoms with E-state index in [1.807, 2.05) is 73.9 Å². The summed E-state index contributed by atoms with van der Waals surface area (Å²) in [4.78, 5) is 12.5. The van der Waals surface area contributed by atoms with Crippen molar-refractivity contribution in [2.45, 2.75) is 19.5 Å². The van der Waals surface area contributed by atoms with Crippen molar-refractivity contribution < 1.29 is 4.79 Å². The van der Waals surface area contributed by atoms with Gasteiger partial charge in [0.1, 0.15) is 0 Å². The van der Waals surface area contributed by atoms with Gasteiger partial charge in [-0.2, -0.15) is 0 Å². The molecule has 5 nitrogen and oxygen atoms in total. The number of rotatable bonds is 6. The number of fused-ring (bicyclic) bond motifs is 1. The first kappa shape index (κ1) is 19.7. The Morgan fingerprint density at radius 2 is 1.67 bits per heavy atom. The quantitative estimate of drug-likeness (QED) is 0.392. The molecular formula is C25H26N4O. The smallest absolute Gasteiger partial charge is 0.323 e. The summed E-state index contributed by atoms with van der Waals surface area (Å²) < 4.78 is 2.05. The van der Waals surface area contributed by atoms with Crippen molar-refractivity contribution in [3.63, 3.8) is 0 Å². The molecule has 152 valence electrons. The number of carbonyl (C=O) groups excluding carboxylic acids is 1. The molecule has 0 saturated heterocycles. The second-order valence-corrected chi connectivity index (χ2v) is 7.49. The van der Waals surface area contributed by atoms with Crippen LogP contribution in [0, 0.1) is 0 Å². The molecule has 30 heavy (non-hydrogen) atoms. The van der Waals surface area contributed by atoms with Gasteiger partial charge in [0.15, 0.2) is 0 Å². The fourth-order valence-corrected chi connectivity index (χ4v) is 3.52. The van der Waals surface area contributed by atoms with Crippen LogP contribution >= 0.6 is 0 Å². The number of aromatic nitrogens is 1. The summed E-state index contributed by atoms with van der Waals surface area (Å²) in [6.07, 6.45) is 2.01. The van der Waals surface area contributed by atoms with Crippen LogP contribution in [0.4, 0.5) is 16.2 Å². The molecule has 0 fully saturated rings. The van der Waals surface area contributed by atoms with Crippen molar-refractivity contribution in [2.24, 2.45) is 7.05 Å². The highest BCUT2D eigenvalue weighted by Gasteiger charge is 2.08. The third-order valence-electron chi connectivity index (χ3n) is 5.24. The summed E-state index contributed by atoms with van der Waals surface area (Å²) in [6.45, 7) is 2.92. The molecule has 1 aromatic heterocycles. The molecule has 0 aliphatic rings. The Morgan fingerprint density at radius 3 is 2.47 bits per heavy atom. The van der Waals surface area contributed by atoms with E-state index in [-0.39, 0.29) is 12.1 Å². The number of aryl methyl sites for hydroxylation is 1. The van der Waals surface area contributed by atoms with E-state index in [0.29, 0.717) is 0 Å². The van der Waals surface area contributed by atoms with Crippen LogP contribution in [0.3, 0.4) is 0 Å². The molecule has 0 aliphatic carbocycles. The van der Waals surface area contributed by atoms with Crippen LogP contribution in [0.2, 0.25) is 0 Å². The van der Waals surface area contributed by atoms with Crippen LogP contribution in [0.25, 0.3) is 10.9 Å². The number of nitrogens with one attached hydrogen (secondary N) is 3. The molecule has 5 heteroatoms. The van der Waals surface area contributed by atoms with Gasteiger partial charge in [-0.3, -0.25) is 0 Å². The fourth-order valence-electron chi connectivity index (χ4n) is 3.52. The molecule has 3 aromatic carbocycles. The minimum Gasteiger partial charge on any atom is -0.351 e. The SMILES string of the molecule is CC(NCc1ccccc1)c1cccc(NC(=O)Nc2ccc3c(ccn3C)c2)c1. The second kappa shape index (κ2) is 8.84. The maximum Gasteiger partial charge on any atom is 0.323 e. The van der Waals surface area contributed by atoms with Crippen LogP contribution in [-0.4, -0.2) is 10.6 Å². The predicted octanol–water partition coefficient (Wildman–Crippen LogP) is 5.67. The number of benzene rings is 3. The number of hydrogen-bond acceptors (Lipinski definition) is 2. The van der Waals surface area contributed by atoms with Crippen molar-refractivity contribution in [2.75, 3.05) is 10.6 Å². The van der Waals surface area contributed by atoms with Gasteiger partial charge in [-0.1, -0.05) is 42.5 Å². The molecule has 4 aromatic rings. The van der Waals surface area contributed by atoms with Crippen LogP contribution < -0.4 is 16.0 Å². The Morgan fingerprint density at radius 1 is 0.900 bits per heavy atom. The van der Waals surface area contributed by atoms with Crippen LogP contribution in [0.1, 0.15) is 24.1 Å². The van der Waals surface area contributed by atoms with Gasteiger partial charge in [-0.15, -0.1) is 0 Å². The summed E-state index contributed by atoms with van der Waals surface area (Å²) in [5.41, 5.74) is 5.02. The second-order valence-electron chi connectivity index (χ2n) is 7.49. The molecule has 1 atom stereocenters. The van der Waals surface area contributed by atoms with Crippen molar-refractivity contribution >= 4 is 28.3 Å². The maximum absolute atomic E-state index is 12.5. The van der Waals surface area contributed by atoms with E-state index < -0.39 is 0 Å². The number of urea groups is 1. The molecule has 0 saturated carbocycles. The van der Waals surface area contributed by atoms with Crippen LogP contribution in [0.5, 0.6) is 0 Å². The zero-order valence-corrected chi connectivity index (χ0v) is 17.2. The number of amides is 2. The maximum atomic E-state index is 12.5. The summed E-state index contributed by atoms with van der Waals surface area (Å²) in [7, 11) is 2.00. The Kier molecular flexibility index (Phi) is 5.82. The summed E-state index contributed by atoms with van der Waals surface area (Å²) in [5.74, 6) is 0. The first-order valence-electron chi connectivity index (χ1n) is 10.1. The van der Waals surface area contributed by atoms with E-state index in [4.69, 9.17) is 0 Å². The average Bonchev–Trinajstić information content (AvgIpc) is 3.13. The standard InChI is InChI=1S/C25H26N4O/c1-18(26-17-19-7-4-3-5-8-19)20-9-6-10-22(15-20)27-25(30)28-23-11-12-24-21(16-23)13-14-29(24)2/h3-16,18,26H,17H2,1-2H3,(H2,27,28,30). The first-order chi connectivity index (χ1) is 14.6. The van der Waals surface area contributed by atoms with Crippen molar-refractivity contribution in [3.05, 3.63) is 96.2 Å². The van der Waals surface area contributed by atoms with Crippen molar-refractivity contribution in [1.82, 2.24) is 9.88 Å². The lowest BCUT2D eigenvalue weighted by Crippen LogP contribution is -2.20. The molecule has 4 rings (SSSR count). The van der Waals surface area contributed by atoms with Crippen LogP contribution in [-0.2, 0) is 13.6 Å². The van der Waals surface area contributed by atoms with E-state index >= 15 is 0 Å². The van der Waals surface area contributed by atoms with Gasteiger partial charge in [0.2, 0.25) is 0 Å². The number of carbonyl (C=O) groups is 1. The summed E-state index contributed by atoms with van der Waals surface area (Å²) in [6, 6.07) is 26.1. The Labute approximate surface area is 176 Å². The Hall–Kier alpha value is -3.57. The van der Waals surface area contributed by atoms with Crippen molar-refractivity contribution in [3.8, 4) is 0 Å². The lowest BCUT2D eigenvalue weighted by molar-refractivity contribution is 0.262. The molecule has 0 radical (unpaired) electrons. The minimum absolute atomic E-state index is 0.163. The van der Waals surface area contributed by atoms with E-state index in [2.05, 4.69) is 45.6 Å². The highest BCUT2D eigenvalue weighted by molar-refractivity contribution is 6.01. The molecule has 3 N–H and O–H groups in total. The lowest BCUT2D eigenvalue weighted by Gasteiger charge is -2.16. The first-order valence-corrected chi connectivity index (χ1v) is 10.1. The van der Waals surface area contributed by atoms with Crippen LogP contribution in [0.15, 0.2) is 85.1 Å². The minimum atomic E-state index is -0.257. The van der Waals surface area contributed by atoms with E-state index in [1.165, 1.54) is 5.56 Å². The third kappa shape index (κ3) is 4.70. The summed E-state index contributed by atoms with van der Waals surface area (Å²) >= 11 is 0. The molecule has 0 bridgehead atoms. The van der Waals surface area contributed by atoms with Gasteiger partial charge in [0.25, 0.3) is 0 Å². The number of anilines is 2. The molecule has 0 spiro atoms. The number of nitrogens with zero attached hydrogens (tertiary/aromatic N) is 1. The third-order valence-corrected chi connectivity index (χ3v) is 5.24. The highest BCUT2D eigenvalue weighted by atomic mass is 16.2. The predicted molar refractivity (Wildman–Crippen MR) is 124 cm³/mol. The topological polar surface area (TPSA) is 58.1 Å². The Bertz CT molecular complexity index is 1150. The Balaban J connectivity index is 1.37. The molecular weight excluding hydrogens is 372 g/mol. The monoisotopic (exact) mass is 398 g/mol. The van der Waals surface area contributed by atoms with Gasteiger partial charge in [0, 0.05) is 48.1 Å². The highest BCUT2D eigenvalue weighted by Crippen LogP contribution is 2.21. The molecule has 0 aliphatic heterocycles. The molecule has 1 unspecified atom stereocenters. The number of hydrogen-bond donors (Lipinski definition) is 3. The fraction of sp³-hybridized carbons (Fsp3) is 0.160. The largest absolute Gasteiger partial charge is 0.351 e. The molecule has 1 heterocycles. The van der Waals surface area contributed by atoms with Gasteiger partial charge >= 0.3 is 6.03 Å². The van der Waals surface area contributed by atoms with E-state index in [1.54, 1.807) is 0 Å². The van der Waals surface area contributed by atoms with Gasteiger partial charge in [-0.25, -0.2) is 4.79 Å². The molecule has 2 amide bonds. The van der Waals surface area contributed by atoms with E-state index in [9.17, 15) is 4.79 Å². The summed E-state index contributed by atoms with van der Waals surface area (Å²) in [5, 5.41) is 10.5. The van der Waals surface area contributed by atoms with E-state index in [0.717, 1.165) is 34.4 Å². The van der Waals surface area contributed by atoms with Crippen molar-refractivity contribution in [1.29, 1.82) is 0 Å². The average molecular weight is 399 g/mol. The van der Waals surface area contributed by atoms with Gasteiger partial charge in [0.05, 0.1) is 0 Å². The normalized spacial score (nSPS) is 11.9. The zero-order valence-electron chi connectivity index (χ0n) is 17.2. The van der Waals surface area contributed by atoms with Gasteiger partial charge in [-0.05, 0) is 54.4 Å².